The predicted molar refractivity (Wildman–Crippen MR) is 125 cm³/mol. The Balaban J connectivity index is 0.00000320. The Morgan fingerprint density at radius 3 is 2.40 bits per heavy atom. The second-order valence-electron chi connectivity index (χ2n) is 6.53. The number of halogens is 3. The lowest BCUT2D eigenvalue weighted by molar-refractivity contribution is -0.0504. The van der Waals surface area contributed by atoms with Gasteiger partial charge in [-0.25, -0.2) is 0 Å². The van der Waals surface area contributed by atoms with Crippen LogP contribution in [0, 0.1) is 0 Å². The van der Waals surface area contributed by atoms with E-state index in [1.165, 1.54) is 11.8 Å². The standard InChI is InChI=1S/C21H26F2N4O2.HI/c1-24-21(26-15-17-4-2-3-5-19(17)29-20(22)23)25-14-16-6-8-18(9-7-16)27-10-12-28-13-11-27;/h2-9,20H,10-15H2,1H3,(H2,24,25,26);1H. The highest BCUT2D eigenvalue weighted by Crippen LogP contribution is 2.20. The molecule has 2 aromatic carbocycles. The molecule has 1 fully saturated rings. The van der Waals surface area contributed by atoms with Crippen molar-refractivity contribution in [1.82, 2.24) is 10.6 Å². The van der Waals surface area contributed by atoms with Crippen molar-refractivity contribution in [3.05, 3.63) is 59.7 Å². The third kappa shape index (κ3) is 7.28. The second-order valence-corrected chi connectivity index (χ2v) is 6.53. The van der Waals surface area contributed by atoms with Crippen molar-refractivity contribution < 1.29 is 18.3 Å². The Kier molecular flexibility index (Phi) is 10.1. The molecule has 0 spiro atoms. The highest BCUT2D eigenvalue weighted by Gasteiger charge is 2.11. The summed E-state index contributed by atoms with van der Waals surface area (Å²) in [4.78, 5) is 6.49. The van der Waals surface area contributed by atoms with E-state index in [2.05, 4.69) is 49.5 Å². The molecule has 6 nitrogen and oxygen atoms in total. The molecule has 0 amide bonds. The third-order valence-corrected chi connectivity index (χ3v) is 4.63. The number of hydrogen-bond donors (Lipinski definition) is 2. The quantitative estimate of drug-likeness (QED) is 0.325. The average Bonchev–Trinajstić information content (AvgIpc) is 2.75. The number of aliphatic imine (C=N–C) groups is 1. The van der Waals surface area contributed by atoms with Crippen LogP contribution in [0.15, 0.2) is 53.5 Å². The van der Waals surface area contributed by atoms with Gasteiger partial charge in [0, 0.05) is 44.5 Å². The molecule has 164 valence electrons. The molecule has 0 bridgehead atoms. The first kappa shape index (κ1) is 24.1. The van der Waals surface area contributed by atoms with Gasteiger partial charge in [-0.05, 0) is 23.8 Å². The lowest BCUT2D eigenvalue weighted by atomic mass is 10.2. The number of para-hydroxylation sites is 1. The van der Waals surface area contributed by atoms with Crippen molar-refractivity contribution in [2.45, 2.75) is 19.7 Å². The van der Waals surface area contributed by atoms with Gasteiger partial charge in [-0.1, -0.05) is 30.3 Å². The number of nitrogens with one attached hydrogen (secondary N) is 2. The van der Waals surface area contributed by atoms with Crippen LogP contribution in [-0.4, -0.2) is 45.9 Å². The fraction of sp³-hybridized carbons (Fsp3) is 0.381. The maximum absolute atomic E-state index is 12.5. The fourth-order valence-corrected chi connectivity index (χ4v) is 3.09. The molecule has 0 aliphatic carbocycles. The van der Waals surface area contributed by atoms with Gasteiger partial charge in [0.25, 0.3) is 0 Å². The summed E-state index contributed by atoms with van der Waals surface area (Å²) < 4.78 is 35.0. The van der Waals surface area contributed by atoms with Gasteiger partial charge in [0.1, 0.15) is 5.75 Å². The van der Waals surface area contributed by atoms with Crippen molar-refractivity contribution in [2.75, 3.05) is 38.3 Å². The Morgan fingerprint density at radius 1 is 1.07 bits per heavy atom. The number of alkyl halides is 2. The zero-order chi connectivity index (χ0) is 20.5. The van der Waals surface area contributed by atoms with Gasteiger partial charge in [0.15, 0.2) is 5.96 Å². The summed E-state index contributed by atoms with van der Waals surface area (Å²) in [6.45, 7) is 1.40. The second kappa shape index (κ2) is 12.5. The minimum absolute atomic E-state index is 0. The molecule has 2 aromatic rings. The molecule has 0 saturated carbocycles. The van der Waals surface area contributed by atoms with Crippen LogP contribution in [0.5, 0.6) is 5.75 Å². The molecule has 0 unspecified atom stereocenters. The molecular formula is C21H27F2IN4O2. The molecular weight excluding hydrogens is 505 g/mol. The maximum atomic E-state index is 12.5. The molecule has 1 saturated heterocycles. The normalized spacial score (nSPS) is 14.3. The highest BCUT2D eigenvalue weighted by molar-refractivity contribution is 14.0. The fourth-order valence-electron chi connectivity index (χ4n) is 3.09. The molecule has 1 aliphatic rings. The number of benzene rings is 2. The van der Waals surface area contributed by atoms with Crippen molar-refractivity contribution in [1.29, 1.82) is 0 Å². The van der Waals surface area contributed by atoms with E-state index in [4.69, 9.17) is 4.74 Å². The first-order valence-corrected chi connectivity index (χ1v) is 9.54. The average molecular weight is 532 g/mol. The molecule has 0 aromatic heterocycles. The van der Waals surface area contributed by atoms with Gasteiger partial charge < -0.3 is 25.0 Å². The van der Waals surface area contributed by atoms with Crippen LogP contribution in [0.2, 0.25) is 0 Å². The molecule has 0 radical (unpaired) electrons. The van der Waals surface area contributed by atoms with Crippen LogP contribution in [0.4, 0.5) is 14.5 Å². The van der Waals surface area contributed by atoms with Crippen LogP contribution < -0.4 is 20.3 Å². The van der Waals surface area contributed by atoms with Gasteiger partial charge in [-0.2, -0.15) is 8.78 Å². The topological polar surface area (TPSA) is 58.1 Å². The van der Waals surface area contributed by atoms with Crippen LogP contribution in [0.25, 0.3) is 0 Å². The van der Waals surface area contributed by atoms with Gasteiger partial charge >= 0.3 is 6.61 Å². The van der Waals surface area contributed by atoms with Crippen molar-refractivity contribution in [2.24, 2.45) is 4.99 Å². The summed E-state index contributed by atoms with van der Waals surface area (Å²) in [7, 11) is 1.67. The summed E-state index contributed by atoms with van der Waals surface area (Å²) in [5.41, 5.74) is 2.94. The summed E-state index contributed by atoms with van der Waals surface area (Å²) in [6.07, 6.45) is 0. The van der Waals surface area contributed by atoms with E-state index in [0.717, 1.165) is 31.9 Å². The van der Waals surface area contributed by atoms with Gasteiger partial charge in [-0.3, -0.25) is 4.99 Å². The molecule has 0 atom stereocenters. The first-order valence-electron chi connectivity index (χ1n) is 9.54. The highest BCUT2D eigenvalue weighted by atomic mass is 127. The van der Waals surface area contributed by atoms with E-state index >= 15 is 0 Å². The Morgan fingerprint density at radius 2 is 1.73 bits per heavy atom. The number of hydrogen-bond acceptors (Lipinski definition) is 4. The molecule has 9 heteroatoms. The minimum Gasteiger partial charge on any atom is -0.434 e. The number of ether oxygens (including phenoxy) is 2. The first-order chi connectivity index (χ1) is 14.2. The van der Waals surface area contributed by atoms with E-state index in [1.54, 1.807) is 25.2 Å². The SMILES string of the molecule is CN=C(NCc1ccc(N2CCOCC2)cc1)NCc1ccccc1OC(F)F.I. The number of anilines is 1. The van der Waals surface area contributed by atoms with E-state index in [9.17, 15) is 8.78 Å². The Hall–Kier alpha value is -2.14. The minimum atomic E-state index is -2.85. The van der Waals surface area contributed by atoms with Gasteiger partial charge in [-0.15, -0.1) is 24.0 Å². The van der Waals surface area contributed by atoms with E-state index in [-0.39, 0.29) is 29.7 Å². The summed E-state index contributed by atoms with van der Waals surface area (Å²) in [5.74, 6) is 0.735. The number of guanidine groups is 1. The van der Waals surface area contributed by atoms with Gasteiger partial charge in [0.2, 0.25) is 0 Å². The molecule has 1 aliphatic heterocycles. The molecule has 1 heterocycles. The molecule has 2 N–H and O–H groups in total. The number of rotatable bonds is 7. The van der Waals surface area contributed by atoms with E-state index in [1.807, 2.05) is 0 Å². The van der Waals surface area contributed by atoms with Gasteiger partial charge in [0.05, 0.1) is 13.2 Å². The zero-order valence-electron chi connectivity index (χ0n) is 16.8. The largest absolute Gasteiger partial charge is 0.434 e. The van der Waals surface area contributed by atoms with Crippen molar-refractivity contribution in [3.63, 3.8) is 0 Å². The summed E-state index contributed by atoms with van der Waals surface area (Å²) >= 11 is 0. The van der Waals surface area contributed by atoms with Crippen LogP contribution in [0.1, 0.15) is 11.1 Å². The predicted octanol–water partition coefficient (Wildman–Crippen LogP) is 3.61. The summed E-state index contributed by atoms with van der Waals surface area (Å²) in [5, 5.41) is 6.36. The van der Waals surface area contributed by atoms with Crippen LogP contribution >= 0.6 is 24.0 Å². The van der Waals surface area contributed by atoms with Crippen molar-refractivity contribution in [3.8, 4) is 5.75 Å². The van der Waals surface area contributed by atoms with Crippen LogP contribution in [-0.2, 0) is 17.8 Å². The maximum Gasteiger partial charge on any atom is 0.387 e. The third-order valence-electron chi connectivity index (χ3n) is 4.63. The monoisotopic (exact) mass is 532 g/mol. The number of morpholine rings is 1. The van der Waals surface area contributed by atoms with E-state index < -0.39 is 6.61 Å². The lowest BCUT2D eigenvalue weighted by Gasteiger charge is -2.28. The summed E-state index contributed by atoms with van der Waals surface area (Å²) in [6, 6.07) is 15.1. The lowest BCUT2D eigenvalue weighted by Crippen LogP contribution is -2.36. The zero-order valence-corrected chi connectivity index (χ0v) is 19.1. The number of nitrogens with zero attached hydrogens (tertiary/aromatic N) is 2. The Bertz CT molecular complexity index is 800. The van der Waals surface area contributed by atoms with Crippen LogP contribution in [0.3, 0.4) is 0 Å². The smallest absolute Gasteiger partial charge is 0.387 e. The van der Waals surface area contributed by atoms with Crippen molar-refractivity contribution >= 4 is 35.6 Å². The Labute approximate surface area is 192 Å². The molecule has 3 rings (SSSR count). The molecule has 30 heavy (non-hydrogen) atoms. The van der Waals surface area contributed by atoms with E-state index in [0.29, 0.717) is 24.6 Å².